The highest BCUT2D eigenvalue weighted by Crippen LogP contribution is 2.51. The standard InChI is InChI=1S/C16H21FO3/c1-10(18)12-7-14(16(2)15(8-12)20-16)19-9-11-5-3-4-6-13(11)17/h3-6,10,12,14-15,18H,7-9H2,1-2H3. The van der Waals surface area contributed by atoms with Crippen molar-refractivity contribution in [1.29, 1.82) is 0 Å². The van der Waals surface area contributed by atoms with Gasteiger partial charge in [0.25, 0.3) is 0 Å². The van der Waals surface area contributed by atoms with Gasteiger partial charge in [-0.3, -0.25) is 0 Å². The molecule has 1 saturated heterocycles. The van der Waals surface area contributed by atoms with E-state index in [1.807, 2.05) is 13.8 Å². The van der Waals surface area contributed by atoms with Gasteiger partial charge in [0, 0.05) is 5.56 Å². The molecule has 20 heavy (non-hydrogen) atoms. The van der Waals surface area contributed by atoms with E-state index in [1.54, 1.807) is 18.2 Å². The summed E-state index contributed by atoms with van der Waals surface area (Å²) in [5.74, 6) is -0.0463. The Labute approximate surface area is 118 Å². The van der Waals surface area contributed by atoms with Crippen LogP contribution in [0.4, 0.5) is 4.39 Å². The topological polar surface area (TPSA) is 42.0 Å². The van der Waals surface area contributed by atoms with Gasteiger partial charge in [-0.1, -0.05) is 18.2 Å². The van der Waals surface area contributed by atoms with Crippen molar-refractivity contribution in [3.05, 3.63) is 35.6 Å². The van der Waals surface area contributed by atoms with Crippen LogP contribution >= 0.6 is 0 Å². The lowest BCUT2D eigenvalue weighted by Gasteiger charge is -2.32. The van der Waals surface area contributed by atoms with Crippen molar-refractivity contribution in [2.75, 3.05) is 0 Å². The van der Waals surface area contributed by atoms with Crippen molar-refractivity contribution in [2.45, 2.75) is 57.2 Å². The van der Waals surface area contributed by atoms with Crippen LogP contribution in [-0.4, -0.2) is 29.0 Å². The average molecular weight is 280 g/mol. The fraction of sp³-hybridized carbons (Fsp3) is 0.625. The Kier molecular flexibility index (Phi) is 3.56. The second kappa shape index (κ2) is 5.10. The smallest absolute Gasteiger partial charge is 0.128 e. The second-order valence-corrected chi connectivity index (χ2v) is 6.15. The van der Waals surface area contributed by atoms with Crippen LogP contribution in [0.25, 0.3) is 0 Å². The lowest BCUT2D eigenvalue weighted by atomic mass is 9.78. The predicted octanol–water partition coefficient (Wildman–Crippen LogP) is 2.66. The van der Waals surface area contributed by atoms with Crippen LogP contribution in [0.5, 0.6) is 0 Å². The summed E-state index contributed by atoms with van der Waals surface area (Å²) in [6, 6.07) is 6.65. The maximum atomic E-state index is 13.6. The number of benzene rings is 1. The van der Waals surface area contributed by atoms with Crippen molar-refractivity contribution in [2.24, 2.45) is 5.92 Å². The Morgan fingerprint density at radius 3 is 2.90 bits per heavy atom. The molecule has 0 amide bonds. The summed E-state index contributed by atoms with van der Waals surface area (Å²) >= 11 is 0. The Hall–Kier alpha value is -0.970. The molecule has 3 rings (SSSR count). The molecule has 5 atom stereocenters. The zero-order valence-corrected chi connectivity index (χ0v) is 11.9. The molecule has 1 aliphatic heterocycles. The van der Waals surface area contributed by atoms with E-state index in [0.29, 0.717) is 5.56 Å². The van der Waals surface area contributed by atoms with Gasteiger partial charge in [0.1, 0.15) is 11.4 Å². The number of rotatable bonds is 4. The zero-order chi connectivity index (χ0) is 14.3. The van der Waals surface area contributed by atoms with E-state index in [4.69, 9.17) is 9.47 Å². The van der Waals surface area contributed by atoms with E-state index >= 15 is 0 Å². The summed E-state index contributed by atoms with van der Waals surface area (Å²) in [5.41, 5.74) is 0.309. The van der Waals surface area contributed by atoms with Gasteiger partial charge in [0.15, 0.2) is 0 Å². The van der Waals surface area contributed by atoms with E-state index in [2.05, 4.69) is 0 Å². The van der Waals surface area contributed by atoms with Gasteiger partial charge >= 0.3 is 0 Å². The van der Waals surface area contributed by atoms with Crippen LogP contribution in [0.3, 0.4) is 0 Å². The Balaban J connectivity index is 1.65. The van der Waals surface area contributed by atoms with Crippen LogP contribution in [0.2, 0.25) is 0 Å². The van der Waals surface area contributed by atoms with E-state index in [0.717, 1.165) is 12.8 Å². The normalized spacial score (nSPS) is 37.3. The molecule has 1 N–H and O–H groups in total. The van der Waals surface area contributed by atoms with Crippen LogP contribution in [0.15, 0.2) is 24.3 Å². The quantitative estimate of drug-likeness (QED) is 0.862. The van der Waals surface area contributed by atoms with E-state index < -0.39 is 0 Å². The fourth-order valence-electron chi connectivity index (χ4n) is 3.15. The van der Waals surface area contributed by atoms with Crippen LogP contribution in [-0.2, 0) is 16.1 Å². The molecule has 0 aromatic heterocycles. The molecular formula is C16H21FO3. The van der Waals surface area contributed by atoms with Crippen molar-refractivity contribution in [1.82, 2.24) is 0 Å². The van der Waals surface area contributed by atoms with Crippen molar-refractivity contribution < 1.29 is 19.0 Å². The molecule has 2 aliphatic rings. The number of ether oxygens (including phenoxy) is 2. The molecule has 110 valence electrons. The molecule has 0 spiro atoms. The number of halogens is 1. The Bertz CT molecular complexity index is 490. The highest BCUT2D eigenvalue weighted by molar-refractivity contribution is 5.17. The minimum Gasteiger partial charge on any atom is -0.393 e. The number of aliphatic hydroxyl groups is 1. The molecular weight excluding hydrogens is 259 g/mol. The zero-order valence-electron chi connectivity index (χ0n) is 11.9. The summed E-state index contributed by atoms with van der Waals surface area (Å²) in [6.07, 6.45) is 1.37. The maximum absolute atomic E-state index is 13.6. The summed E-state index contributed by atoms with van der Waals surface area (Å²) < 4.78 is 25.3. The van der Waals surface area contributed by atoms with Crippen LogP contribution in [0.1, 0.15) is 32.3 Å². The van der Waals surface area contributed by atoms with Crippen LogP contribution in [0, 0.1) is 11.7 Å². The summed E-state index contributed by atoms with van der Waals surface area (Å²) in [7, 11) is 0. The van der Waals surface area contributed by atoms with E-state index in [9.17, 15) is 9.50 Å². The van der Waals surface area contributed by atoms with E-state index in [-0.39, 0.29) is 42.3 Å². The van der Waals surface area contributed by atoms with Gasteiger partial charge in [-0.15, -0.1) is 0 Å². The molecule has 5 unspecified atom stereocenters. The van der Waals surface area contributed by atoms with Gasteiger partial charge in [-0.25, -0.2) is 4.39 Å². The predicted molar refractivity (Wildman–Crippen MR) is 72.7 cm³/mol. The third-order valence-corrected chi connectivity index (χ3v) is 4.73. The first-order chi connectivity index (χ1) is 9.50. The Morgan fingerprint density at radius 2 is 2.20 bits per heavy atom. The van der Waals surface area contributed by atoms with Gasteiger partial charge in [-0.05, 0) is 38.7 Å². The SMILES string of the molecule is CC(O)C1CC(OCc2ccccc2F)C2(C)OC2C1. The number of epoxide rings is 1. The van der Waals surface area contributed by atoms with Crippen molar-refractivity contribution in [3.8, 4) is 0 Å². The third-order valence-electron chi connectivity index (χ3n) is 4.73. The molecule has 1 heterocycles. The lowest BCUT2D eigenvalue weighted by Crippen LogP contribution is -2.41. The highest BCUT2D eigenvalue weighted by atomic mass is 19.1. The monoisotopic (exact) mass is 280 g/mol. The van der Waals surface area contributed by atoms with E-state index in [1.165, 1.54) is 6.07 Å². The number of hydrogen-bond donors (Lipinski definition) is 1. The molecule has 1 aromatic carbocycles. The maximum Gasteiger partial charge on any atom is 0.128 e. The summed E-state index contributed by atoms with van der Waals surface area (Å²) in [4.78, 5) is 0. The number of aliphatic hydroxyl groups excluding tert-OH is 1. The molecule has 1 aliphatic carbocycles. The van der Waals surface area contributed by atoms with Crippen molar-refractivity contribution in [3.63, 3.8) is 0 Å². The minimum absolute atomic E-state index is 0.0829. The molecule has 0 bridgehead atoms. The molecule has 4 heteroatoms. The molecule has 1 saturated carbocycles. The molecule has 3 nitrogen and oxygen atoms in total. The molecule has 1 aromatic rings. The second-order valence-electron chi connectivity index (χ2n) is 6.15. The first kappa shape index (κ1) is 14.0. The lowest BCUT2D eigenvalue weighted by molar-refractivity contribution is -0.0414. The minimum atomic E-state index is -0.358. The van der Waals surface area contributed by atoms with Gasteiger partial charge in [0.2, 0.25) is 0 Å². The first-order valence-electron chi connectivity index (χ1n) is 7.21. The van der Waals surface area contributed by atoms with Gasteiger partial charge in [0.05, 0.1) is 24.9 Å². The number of fused-ring (bicyclic) bond motifs is 1. The third kappa shape index (κ3) is 2.48. The number of hydrogen-bond acceptors (Lipinski definition) is 3. The largest absolute Gasteiger partial charge is 0.393 e. The first-order valence-corrected chi connectivity index (χ1v) is 7.21. The van der Waals surface area contributed by atoms with Crippen molar-refractivity contribution >= 4 is 0 Å². The fourth-order valence-corrected chi connectivity index (χ4v) is 3.15. The van der Waals surface area contributed by atoms with Gasteiger partial charge in [-0.2, -0.15) is 0 Å². The molecule has 2 fully saturated rings. The van der Waals surface area contributed by atoms with Crippen LogP contribution < -0.4 is 0 Å². The van der Waals surface area contributed by atoms with Gasteiger partial charge < -0.3 is 14.6 Å². The average Bonchev–Trinajstić information content (AvgIpc) is 3.08. The summed E-state index contributed by atoms with van der Waals surface area (Å²) in [5, 5.41) is 9.77. The summed E-state index contributed by atoms with van der Waals surface area (Å²) in [6.45, 7) is 4.10. The molecule has 0 radical (unpaired) electrons. The Morgan fingerprint density at radius 1 is 1.45 bits per heavy atom. The highest BCUT2D eigenvalue weighted by Gasteiger charge is 2.62.